The molecule has 0 radical (unpaired) electrons. The first-order valence-electron chi connectivity index (χ1n) is 9.49. The molecular formula is C25H16N4O. The first-order valence-corrected chi connectivity index (χ1v) is 9.49. The van der Waals surface area contributed by atoms with E-state index < -0.39 is 0 Å². The van der Waals surface area contributed by atoms with Crippen molar-refractivity contribution < 1.29 is 4.42 Å². The van der Waals surface area contributed by atoms with Gasteiger partial charge in [-0.1, -0.05) is 42.5 Å². The molecule has 0 aliphatic heterocycles. The highest BCUT2D eigenvalue weighted by atomic mass is 16.3. The Morgan fingerprint density at radius 1 is 0.967 bits per heavy atom. The Balaban J connectivity index is 1.70. The van der Waals surface area contributed by atoms with Gasteiger partial charge in [0.05, 0.1) is 17.0 Å². The first-order chi connectivity index (χ1) is 14.8. The number of nitriles is 1. The highest BCUT2D eigenvalue weighted by Crippen LogP contribution is 2.31. The van der Waals surface area contributed by atoms with Crippen LogP contribution in [0.5, 0.6) is 0 Å². The van der Waals surface area contributed by atoms with Crippen LogP contribution in [-0.2, 0) is 0 Å². The Kier molecular flexibility index (Phi) is 4.43. The lowest BCUT2D eigenvalue weighted by atomic mass is 10.1. The van der Waals surface area contributed by atoms with Gasteiger partial charge in [0.2, 0.25) is 0 Å². The number of hydrogen-bond acceptors (Lipinski definition) is 4. The van der Waals surface area contributed by atoms with E-state index >= 15 is 0 Å². The lowest BCUT2D eigenvalue weighted by molar-refractivity contribution is 0.627. The van der Waals surface area contributed by atoms with E-state index in [1.165, 1.54) is 0 Å². The second-order valence-corrected chi connectivity index (χ2v) is 6.75. The molecule has 0 aliphatic carbocycles. The van der Waals surface area contributed by atoms with Crippen LogP contribution < -0.4 is 0 Å². The van der Waals surface area contributed by atoms with Gasteiger partial charge in [-0.15, -0.1) is 0 Å². The fourth-order valence-electron chi connectivity index (χ4n) is 3.34. The van der Waals surface area contributed by atoms with Gasteiger partial charge in [0, 0.05) is 23.3 Å². The standard InChI is InChI=1S/C25H16N4O/c26-16-19(22-11-6-7-13-27-22)14-20-17-29(21-9-2-1-3-10-21)28-25(20)24-15-18-8-4-5-12-23(18)30-24/h1-15,17H. The molecule has 0 aliphatic rings. The smallest absolute Gasteiger partial charge is 0.156 e. The van der Waals surface area contributed by atoms with E-state index in [1.807, 2.05) is 85.1 Å². The van der Waals surface area contributed by atoms with Crippen LogP contribution in [0, 0.1) is 11.3 Å². The van der Waals surface area contributed by atoms with Crippen molar-refractivity contribution in [1.82, 2.24) is 14.8 Å². The predicted molar refractivity (Wildman–Crippen MR) is 116 cm³/mol. The highest BCUT2D eigenvalue weighted by Gasteiger charge is 2.16. The number of fused-ring (bicyclic) bond motifs is 1. The molecule has 5 aromatic rings. The number of furan rings is 1. The average molecular weight is 388 g/mol. The van der Waals surface area contributed by atoms with Crippen molar-refractivity contribution in [1.29, 1.82) is 5.26 Å². The molecule has 0 saturated carbocycles. The van der Waals surface area contributed by atoms with Gasteiger partial charge in [-0.25, -0.2) is 4.68 Å². The third-order valence-electron chi connectivity index (χ3n) is 4.78. The van der Waals surface area contributed by atoms with Crippen LogP contribution in [0.15, 0.2) is 95.7 Å². The molecule has 5 nitrogen and oxygen atoms in total. The molecule has 0 saturated heterocycles. The first kappa shape index (κ1) is 17.7. The molecule has 0 N–H and O–H groups in total. The molecule has 0 bridgehead atoms. The molecule has 0 unspecified atom stereocenters. The summed E-state index contributed by atoms with van der Waals surface area (Å²) < 4.78 is 7.85. The largest absolute Gasteiger partial charge is 0.454 e. The maximum absolute atomic E-state index is 9.73. The fraction of sp³-hybridized carbons (Fsp3) is 0. The van der Waals surface area contributed by atoms with Gasteiger partial charge in [0.1, 0.15) is 17.3 Å². The van der Waals surface area contributed by atoms with Gasteiger partial charge in [-0.05, 0) is 42.5 Å². The monoisotopic (exact) mass is 388 g/mol. The van der Waals surface area contributed by atoms with Crippen molar-refractivity contribution in [3.63, 3.8) is 0 Å². The highest BCUT2D eigenvalue weighted by molar-refractivity contribution is 5.92. The molecule has 30 heavy (non-hydrogen) atoms. The number of benzene rings is 2. The van der Waals surface area contributed by atoms with Gasteiger partial charge in [-0.3, -0.25) is 4.98 Å². The Labute approximate surface area is 173 Å². The van der Waals surface area contributed by atoms with E-state index in [4.69, 9.17) is 9.52 Å². The Morgan fingerprint density at radius 2 is 1.77 bits per heavy atom. The minimum atomic E-state index is 0.459. The number of hydrogen-bond donors (Lipinski definition) is 0. The van der Waals surface area contributed by atoms with Crippen LogP contribution in [-0.4, -0.2) is 14.8 Å². The average Bonchev–Trinajstić information content (AvgIpc) is 3.42. The van der Waals surface area contributed by atoms with Crippen molar-refractivity contribution in [3.05, 3.63) is 103 Å². The normalized spacial score (nSPS) is 11.5. The maximum atomic E-state index is 9.73. The van der Waals surface area contributed by atoms with Crippen molar-refractivity contribution in [2.24, 2.45) is 0 Å². The van der Waals surface area contributed by atoms with E-state index in [1.54, 1.807) is 17.0 Å². The lowest BCUT2D eigenvalue weighted by Crippen LogP contribution is -1.93. The molecule has 0 fully saturated rings. The molecule has 5 rings (SSSR count). The van der Waals surface area contributed by atoms with Gasteiger partial charge in [0.25, 0.3) is 0 Å². The van der Waals surface area contributed by atoms with Crippen LogP contribution in [0.4, 0.5) is 0 Å². The summed E-state index contributed by atoms with van der Waals surface area (Å²) in [6.45, 7) is 0. The number of allylic oxidation sites excluding steroid dienone is 1. The summed E-state index contributed by atoms with van der Waals surface area (Å²) in [6.07, 6.45) is 5.38. The Bertz CT molecular complexity index is 1360. The maximum Gasteiger partial charge on any atom is 0.156 e. The van der Waals surface area contributed by atoms with Gasteiger partial charge < -0.3 is 4.42 Å². The SMILES string of the molecule is N#CC(=Cc1cn(-c2ccccc2)nc1-c1cc2ccccc2o1)c1ccccn1. The summed E-state index contributed by atoms with van der Waals surface area (Å²) in [6, 6.07) is 27.4. The second kappa shape index (κ2) is 7.53. The molecule has 142 valence electrons. The summed E-state index contributed by atoms with van der Waals surface area (Å²) in [5.41, 5.74) is 4.23. The summed E-state index contributed by atoms with van der Waals surface area (Å²) in [5, 5.41) is 15.5. The minimum absolute atomic E-state index is 0.459. The summed E-state index contributed by atoms with van der Waals surface area (Å²) in [4.78, 5) is 4.31. The van der Waals surface area contributed by atoms with Crippen LogP contribution in [0.25, 0.3) is 39.8 Å². The summed E-state index contributed by atoms with van der Waals surface area (Å²) in [5.74, 6) is 0.649. The van der Waals surface area contributed by atoms with E-state index in [2.05, 4.69) is 11.1 Å². The zero-order valence-corrected chi connectivity index (χ0v) is 15.9. The van der Waals surface area contributed by atoms with Crippen molar-refractivity contribution >= 4 is 22.6 Å². The van der Waals surface area contributed by atoms with Crippen molar-refractivity contribution in [2.45, 2.75) is 0 Å². The lowest BCUT2D eigenvalue weighted by Gasteiger charge is -1.98. The molecule has 5 heteroatoms. The fourth-order valence-corrected chi connectivity index (χ4v) is 3.34. The third kappa shape index (κ3) is 3.27. The molecule has 3 heterocycles. The topological polar surface area (TPSA) is 67.6 Å². The Hall–Kier alpha value is -4.43. The Morgan fingerprint density at radius 3 is 2.53 bits per heavy atom. The van der Waals surface area contributed by atoms with E-state index in [0.717, 1.165) is 22.2 Å². The van der Waals surface area contributed by atoms with Gasteiger partial charge in [0.15, 0.2) is 5.76 Å². The second-order valence-electron chi connectivity index (χ2n) is 6.75. The van der Waals surface area contributed by atoms with Gasteiger partial charge >= 0.3 is 0 Å². The number of para-hydroxylation sites is 2. The number of pyridine rings is 1. The zero-order valence-electron chi connectivity index (χ0n) is 15.9. The van der Waals surface area contributed by atoms with Crippen LogP contribution >= 0.6 is 0 Å². The third-order valence-corrected chi connectivity index (χ3v) is 4.78. The zero-order chi connectivity index (χ0) is 20.3. The molecule has 0 atom stereocenters. The minimum Gasteiger partial charge on any atom is -0.454 e. The number of nitrogens with zero attached hydrogens (tertiary/aromatic N) is 4. The summed E-state index contributed by atoms with van der Waals surface area (Å²) >= 11 is 0. The van der Waals surface area contributed by atoms with E-state index in [0.29, 0.717) is 22.7 Å². The number of aromatic nitrogens is 3. The van der Waals surface area contributed by atoms with Crippen molar-refractivity contribution in [3.8, 4) is 23.2 Å². The van der Waals surface area contributed by atoms with E-state index in [9.17, 15) is 5.26 Å². The molecule has 2 aromatic carbocycles. The van der Waals surface area contributed by atoms with Crippen LogP contribution in [0.2, 0.25) is 0 Å². The van der Waals surface area contributed by atoms with E-state index in [-0.39, 0.29) is 0 Å². The van der Waals surface area contributed by atoms with Crippen molar-refractivity contribution in [2.75, 3.05) is 0 Å². The quantitative estimate of drug-likeness (QED) is 0.368. The van der Waals surface area contributed by atoms with Crippen LogP contribution in [0.3, 0.4) is 0 Å². The molecule has 3 aromatic heterocycles. The summed E-state index contributed by atoms with van der Waals surface area (Å²) in [7, 11) is 0. The van der Waals surface area contributed by atoms with Crippen LogP contribution in [0.1, 0.15) is 11.3 Å². The molecular weight excluding hydrogens is 372 g/mol. The van der Waals surface area contributed by atoms with Gasteiger partial charge in [-0.2, -0.15) is 10.4 Å². The molecule has 0 amide bonds. The number of rotatable bonds is 4. The molecule has 0 spiro atoms. The predicted octanol–water partition coefficient (Wildman–Crippen LogP) is 5.74.